The van der Waals surface area contributed by atoms with Crippen LogP contribution in [0.4, 0.5) is 8.78 Å². The molecule has 0 aliphatic carbocycles. The third kappa shape index (κ3) is 6.34. The maximum absolute atomic E-state index is 15.2. The molecule has 0 aliphatic rings. The molecule has 0 saturated carbocycles. The number of aliphatic hydroxyl groups excluding tert-OH is 1. The first kappa shape index (κ1) is 30.4. The van der Waals surface area contributed by atoms with Gasteiger partial charge in [0.05, 0.1) is 17.6 Å². The number of hydrogen-bond acceptors (Lipinski definition) is 5. The second-order valence-electron chi connectivity index (χ2n) is 11.0. The van der Waals surface area contributed by atoms with Crippen LogP contribution in [0.5, 0.6) is 11.5 Å². The summed E-state index contributed by atoms with van der Waals surface area (Å²) in [4.78, 5) is 7.65. The molecule has 0 fully saturated rings. The van der Waals surface area contributed by atoms with Crippen LogP contribution >= 0.6 is 15.9 Å². The Morgan fingerprint density at radius 1 is 1.07 bits per heavy atom. The molecule has 0 bridgehead atoms. The number of nitrogens with zero attached hydrogens (tertiary/aromatic N) is 2. The largest absolute Gasteiger partial charge is 0.454 e. The molecule has 0 aliphatic heterocycles. The van der Waals surface area contributed by atoms with Gasteiger partial charge >= 0.3 is 0 Å². The molecular weight excluding hydrogens is 618 g/mol. The highest BCUT2D eigenvalue weighted by Crippen LogP contribution is 2.38. The van der Waals surface area contributed by atoms with Crippen molar-refractivity contribution in [1.29, 1.82) is 0 Å². The van der Waals surface area contributed by atoms with E-state index in [1.54, 1.807) is 12.3 Å². The van der Waals surface area contributed by atoms with Crippen LogP contribution in [0.2, 0.25) is 0 Å². The first-order valence-corrected chi connectivity index (χ1v) is 14.5. The first-order chi connectivity index (χ1) is 20.5. The molecule has 0 saturated heterocycles. The Morgan fingerprint density at radius 2 is 1.88 bits per heavy atom. The predicted octanol–water partition coefficient (Wildman–Crippen LogP) is 7.79. The molecule has 222 valence electrons. The highest BCUT2D eigenvalue weighted by Gasteiger charge is 2.34. The van der Waals surface area contributed by atoms with Crippen molar-refractivity contribution in [2.24, 2.45) is 0 Å². The number of rotatable bonds is 11. The summed E-state index contributed by atoms with van der Waals surface area (Å²) in [6, 6.07) is 14.9. The minimum atomic E-state index is -0.678. The molecule has 43 heavy (non-hydrogen) atoms. The Hall–Kier alpha value is -4.04. The smallest absolute Gasteiger partial charge is 0.169 e. The van der Waals surface area contributed by atoms with Crippen LogP contribution in [0.1, 0.15) is 50.6 Å². The number of hydrogen-bond donors (Lipinski definition) is 3. The highest BCUT2D eigenvalue weighted by atomic mass is 79.9. The van der Waals surface area contributed by atoms with Crippen LogP contribution < -0.4 is 4.74 Å². The number of benzene rings is 3. The standard InChI is InChI=1S/C33H31BrF2N4O3/c1-5-32(2,3)42-15-7-13-33(4,20-8-6-9-21(34)16-20)31-38-30(39-40-31)24-17-22(10-11-26(24)35)43-29-25(19-41)23-12-14-37-28(23)18-27(29)36/h1,6,8-12,14,16-18,37,41H,7,13,15,19H2,2-4H3,(H,38,39,40). The van der Waals surface area contributed by atoms with E-state index in [1.807, 2.05) is 45.0 Å². The van der Waals surface area contributed by atoms with E-state index < -0.39 is 29.3 Å². The minimum Gasteiger partial charge on any atom is -0.454 e. The van der Waals surface area contributed by atoms with Crippen LogP contribution in [0.15, 0.2) is 65.3 Å². The third-order valence-corrected chi connectivity index (χ3v) is 8.00. The van der Waals surface area contributed by atoms with Crippen LogP contribution in [0, 0.1) is 24.0 Å². The average Bonchev–Trinajstić information content (AvgIpc) is 3.67. The van der Waals surface area contributed by atoms with Gasteiger partial charge in [-0.05, 0) is 75.6 Å². The van der Waals surface area contributed by atoms with Crippen molar-refractivity contribution in [2.45, 2.75) is 51.2 Å². The predicted molar refractivity (Wildman–Crippen MR) is 165 cm³/mol. The fourth-order valence-electron chi connectivity index (χ4n) is 5.00. The van der Waals surface area contributed by atoms with Crippen molar-refractivity contribution in [3.05, 3.63) is 93.9 Å². The quantitative estimate of drug-likeness (QED) is 0.100. The lowest BCUT2D eigenvalue weighted by Crippen LogP contribution is -2.27. The molecule has 5 rings (SSSR count). The number of halogens is 3. The molecular formula is C33H31BrF2N4O3. The van der Waals surface area contributed by atoms with E-state index in [-0.39, 0.29) is 28.5 Å². The molecule has 3 aromatic carbocycles. The highest BCUT2D eigenvalue weighted by molar-refractivity contribution is 9.10. The van der Waals surface area contributed by atoms with Gasteiger partial charge in [0.15, 0.2) is 23.2 Å². The lowest BCUT2D eigenvalue weighted by molar-refractivity contribution is 0.0233. The van der Waals surface area contributed by atoms with E-state index >= 15 is 4.39 Å². The summed E-state index contributed by atoms with van der Waals surface area (Å²) in [6.45, 7) is 5.70. The molecule has 0 radical (unpaired) electrons. The summed E-state index contributed by atoms with van der Waals surface area (Å²) in [6.07, 6.45) is 8.50. The van der Waals surface area contributed by atoms with Gasteiger partial charge < -0.3 is 19.6 Å². The fourth-order valence-corrected chi connectivity index (χ4v) is 5.40. The Labute approximate surface area is 256 Å². The number of nitrogens with one attached hydrogen (secondary N) is 2. The zero-order chi connectivity index (χ0) is 30.8. The van der Waals surface area contributed by atoms with E-state index in [0.717, 1.165) is 10.0 Å². The SMILES string of the molecule is C#CC(C)(C)OCCCC(C)(c1cccc(Br)c1)c1n[nH]c(-c2cc(Oc3c(F)cc4[nH]ccc4c3CO)ccc2F)n1. The molecule has 2 heterocycles. The third-order valence-electron chi connectivity index (χ3n) is 7.51. The van der Waals surface area contributed by atoms with Crippen molar-refractivity contribution in [1.82, 2.24) is 20.2 Å². The molecule has 10 heteroatoms. The van der Waals surface area contributed by atoms with E-state index in [4.69, 9.17) is 20.9 Å². The van der Waals surface area contributed by atoms with Gasteiger partial charge in [-0.1, -0.05) is 34.0 Å². The number of aliphatic hydroxyl groups is 1. The lowest BCUT2D eigenvalue weighted by atomic mass is 9.78. The molecule has 7 nitrogen and oxygen atoms in total. The van der Waals surface area contributed by atoms with Crippen molar-refractivity contribution < 1.29 is 23.4 Å². The van der Waals surface area contributed by atoms with Crippen molar-refractivity contribution in [3.63, 3.8) is 0 Å². The lowest BCUT2D eigenvalue weighted by Gasteiger charge is -2.28. The second kappa shape index (κ2) is 12.3. The summed E-state index contributed by atoms with van der Waals surface area (Å²) in [5.41, 5.74) is 0.542. The second-order valence-corrected chi connectivity index (χ2v) is 11.9. The molecule has 0 spiro atoms. The molecule has 2 aromatic heterocycles. The molecule has 5 aromatic rings. The number of H-pyrrole nitrogens is 2. The summed E-state index contributed by atoms with van der Waals surface area (Å²) >= 11 is 3.55. The van der Waals surface area contributed by atoms with Crippen LogP contribution in [0.25, 0.3) is 22.3 Å². The van der Waals surface area contributed by atoms with Gasteiger partial charge in [0, 0.05) is 39.8 Å². The molecule has 1 unspecified atom stereocenters. The van der Waals surface area contributed by atoms with Crippen molar-refractivity contribution in [3.8, 4) is 35.2 Å². The Morgan fingerprint density at radius 3 is 2.63 bits per heavy atom. The summed E-state index contributed by atoms with van der Waals surface area (Å²) in [5.74, 6) is 2.10. The van der Waals surface area contributed by atoms with Gasteiger partial charge in [0.2, 0.25) is 0 Å². The number of aromatic amines is 2. The van der Waals surface area contributed by atoms with Crippen molar-refractivity contribution in [2.75, 3.05) is 6.61 Å². The fraction of sp³-hybridized carbons (Fsp3) is 0.273. The van der Waals surface area contributed by atoms with Crippen LogP contribution in [-0.2, 0) is 16.8 Å². The number of fused-ring (bicyclic) bond motifs is 1. The van der Waals surface area contributed by atoms with E-state index in [1.165, 1.54) is 24.3 Å². The monoisotopic (exact) mass is 648 g/mol. The average molecular weight is 650 g/mol. The maximum atomic E-state index is 15.2. The Bertz CT molecular complexity index is 1810. The number of aromatic nitrogens is 4. The van der Waals surface area contributed by atoms with Gasteiger partial charge in [-0.25, -0.2) is 13.8 Å². The van der Waals surface area contributed by atoms with Gasteiger partial charge in [-0.3, -0.25) is 5.10 Å². The van der Waals surface area contributed by atoms with Crippen LogP contribution in [0.3, 0.4) is 0 Å². The van der Waals surface area contributed by atoms with Gasteiger partial charge in [-0.15, -0.1) is 6.42 Å². The topological polar surface area (TPSA) is 96.0 Å². The molecule has 3 N–H and O–H groups in total. The van der Waals surface area contributed by atoms with Gasteiger partial charge in [0.25, 0.3) is 0 Å². The zero-order valence-electron chi connectivity index (χ0n) is 24.0. The molecule has 0 amide bonds. The summed E-state index contributed by atoms with van der Waals surface area (Å²) in [7, 11) is 0. The van der Waals surface area contributed by atoms with Crippen LogP contribution in [-0.4, -0.2) is 37.5 Å². The first-order valence-electron chi connectivity index (χ1n) is 13.7. The Balaban J connectivity index is 1.46. The number of terminal acetylenes is 1. The van der Waals surface area contributed by atoms with Gasteiger partial charge in [-0.2, -0.15) is 5.10 Å². The molecule has 1 atom stereocenters. The van der Waals surface area contributed by atoms with Crippen molar-refractivity contribution >= 4 is 26.8 Å². The zero-order valence-corrected chi connectivity index (χ0v) is 25.6. The van der Waals surface area contributed by atoms with E-state index in [0.29, 0.717) is 36.2 Å². The van der Waals surface area contributed by atoms with Gasteiger partial charge in [0.1, 0.15) is 17.2 Å². The van der Waals surface area contributed by atoms with E-state index in [9.17, 15) is 9.50 Å². The van der Waals surface area contributed by atoms with E-state index in [2.05, 4.69) is 37.0 Å². The maximum Gasteiger partial charge on any atom is 0.169 e. The minimum absolute atomic E-state index is 0.0978. The summed E-state index contributed by atoms with van der Waals surface area (Å²) < 4.78 is 42.8. The Kier molecular flexibility index (Phi) is 8.69. The number of ether oxygens (including phenoxy) is 2. The summed E-state index contributed by atoms with van der Waals surface area (Å²) in [5, 5.41) is 18.0. The normalized spacial score (nSPS) is 13.2.